The fourth-order valence-corrected chi connectivity index (χ4v) is 9.95. The SMILES string of the molecule is CCCC[C@H](C)CCC/C(C)=C/COC(=O)CC[C@@H]1/C2=C3/c4[nH]c(c(C)c4[C@H](O)[C@@H]3C(=O)OC)Cc3[nH]c(c(C)c3CC)Cc3[nH]c(c(C)c3CC)/C=C(\N2)[C@H]1C. The van der Waals surface area contributed by atoms with Crippen molar-refractivity contribution in [1.82, 2.24) is 20.3 Å². The smallest absolute Gasteiger partial charge is 0.316 e. The average Bonchev–Trinajstić information content (AvgIpc) is 3.93. The van der Waals surface area contributed by atoms with E-state index in [2.05, 4.69) is 81.7 Å². The van der Waals surface area contributed by atoms with Crippen LogP contribution in [0, 0.1) is 44.4 Å². The van der Waals surface area contributed by atoms with Crippen molar-refractivity contribution in [2.45, 2.75) is 145 Å². The van der Waals surface area contributed by atoms with Gasteiger partial charge in [0, 0.05) is 82.1 Å². The highest BCUT2D eigenvalue weighted by molar-refractivity contribution is 5.94. The summed E-state index contributed by atoms with van der Waals surface area (Å²) in [6, 6.07) is 0. The van der Waals surface area contributed by atoms with Gasteiger partial charge in [-0.05, 0) is 106 Å². The molecule has 5 N–H and O–H groups in total. The number of H-pyrrole nitrogens is 3. The summed E-state index contributed by atoms with van der Waals surface area (Å²) in [6.45, 7) is 20.0. The van der Waals surface area contributed by atoms with E-state index < -0.39 is 18.0 Å². The Labute approximate surface area is 340 Å². The minimum absolute atomic E-state index is 0.0102. The number of aliphatic hydroxyl groups excluding tert-OH is 1. The first kappa shape index (κ1) is 42.4. The van der Waals surface area contributed by atoms with E-state index in [0.29, 0.717) is 12.8 Å². The topological polar surface area (TPSA) is 132 Å². The van der Waals surface area contributed by atoms with Gasteiger partial charge in [-0.2, -0.15) is 0 Å². The number of nitrogens with one attached hydrogen (secondary N) is 4. The number of esters is 2. The molecule has 6 rings (SSSR count). The third-order valence-electron chi connectivity index (χ3n) is 13.5. The summed E-state index contributed by atoms with van der Waals surface area (Å²) in [5.41, 5.74) is 17.1. The Bertz CT molecular complexity index is 2050. The number of hydrogen-bond donors (Lipinski definition) is 5. The predicted octanol–water partition coefficient (Wildman–Crippen LogP) is 9.93. The van der Waals surface area contributed by atoms with Crippen molar-refractivity contribution in [2.75, 3.05) is 13.7 Å². The van der Waals surface area contributed by atoms with Gasteiger partial charge in [-0.25, -0.2) is 0 Å². The molecule has 0 radical (unpaired) electrons. The molecule has 3 aromatic rings. The van der Waals surface area contributed by atoms with Crippen LogP contribution in [0.15, 0.2) is 23.0 Å². The largest absolute Gasteiger partial charge is 0.468 e. The first-order chi connectivity index (χ1) is 27.3. The zero-order valence-electron chi connectivity index (χ0n) is 36.3. The summed E-state index contributed by atoms with van der Waals surface area (Å²) < 4.78 is 11.1. The number of fused-ring (bicyclic) bond motifs is 7. The van der Waals surface area contributed by atoms with Crippen LogP contribution in [-0.2, 0) is 44.7 Å². The number of methoxy groups -OCH3 is 1. The quantitative estimate of drug-likeness (QED) is 0.0771. The number of carbonyl (C=O) groups is 2. The first-order valence-electron chi connectivity index (χ1n) is 21.7. The van der Waals surface area contributed by atoms with E-state index in [-0.39, 0.29) is 30.8 Å². The lowest BCUT2D eigenvalue weighted by Gasteiger charge is -2.21. The normalized spacial score (nSPS) is 23.0. The van der Waals surface area contributed by atoms with Crippen LogP contribution in [0.2, 0.25) is 0 Å². The number of aromatic amines is 3. The van der Waals surface area contributed by atoms with Gasteiger partial charge in [-0.15, -0.1) is 0 Å². The number of allylic oxidation sites excluding steroid dienone is 3. The van der Waals surface area contributed by atoms with E-state index in [9.17, 15) is 14.7 Å². The van der Waals surface area contributed by atoms with Crippen molar-refractivity contribution >= 4 is 23.6 Å². The van der Waals surface area contributed by atoms with Gasteiger partial charge < -0.3 is 34.8 Å². The number of rotatable bonds is 15. The lowest BCUT2D eigenvalue weighted by molar-refractivity contribution is -0.146. The first-order valence-corrected chi connectivity index (χ1v) is 21.7. The molecule has 9 heteroatoms. The second-order valence-electron chi connectivity index (χ2n) is 17.2. The Balaban J connectivity index is 1.35. The number of hydrogen-bond acceptors (Lipinski definition) is 6. The fraction of sp³-hybridized carbons (Fsp3) is 0.583. The average molecular weight is 781 g/mol. The van der Waals surface area contributed by atoms with Gasteiger partial charge in [-0.3, -0.25) is 9.59 Å². The lowest BCUT2D eigenvalue weighted by Crippen LogP contribution is -2.24. The number of carbonyl (C=O) groups excluding carboxylic acids is 2. The molecule has 0 amide bonds. The third-order valence-corrected chi connectivity index (χ3v) is 13.5. The summed E-state index contributed by atoms with van der Waals surface area (Å²) >= 11 is 0. The number of aliphatic hydroxyl groups is 1. The Hall–Kier alpha value is -4.24. The number of unbranched alkanes of at least 4 members (excludes halogenated alkanes) is 1. The van der Waals surface area contributed by atoms with Crippen LogP contribution in [0.1, 0.15) is 167 Å². The molecule has 310 valence electrons. The minimum Gasteiger partial charge on any atom is -0.468 e. The van der Waals surface area contributed by atoms with E-state index in [1.807, 2.05) is 13.0 Å². The van der Waals surface area contributed by atoms with Crippen molar-refractivity contribution in [1.29, 1.82) is 0 Å². The van der Waals surface area contributed by atoms with E-state index in [1.165, 1.54) is 77.7 Å². The van der Waals surface area contributed by atoms with Gasteiger partial charge in [0.25, 0.3) is 0 Å². The molecule has 0 saturated carbocycles. The van der Waals surface area contributed by atoms with Gasteiger partial charge in [0.1, 0.15) is 12.5 Å². The zero-order chi connectivity index (χ0) is 41.1. The fourth-order valence-electron chi connectivity index (χ4n) is 9.95. The maximum atomic E-state index is 13.6. The molecule has 1 fully saturated rings. The second kappa shape index (κ2) is 18.1. The van der Waals surface area contributed by atoms with Gasteiger partial charge in [-0.1, -0.05) is 65.9 Å². The Morgan fingerprint density at radius 1 is 0.912 bits per heavy atom. The molecule has 2 aliphatic heterocycles. The van der Waals surface area contributed by atoms with Crippen molar-refractivity contribution in [3.8, 4) is 0 Å². The Morgan fingerprint density at radius 3 is 2.26 bits per heavy atom. The van der Waals surface area contributed by atoms with E-state index in [1.54, 1.807) is 0 Å². The molecule has 3 aliphatic rings. The molecule has 5 heterocycles. The van der Waals surface area contributed by atoms with Crippen LogP contribution < -0.4 is 5.32 Å². The molecule has 0 spiro atoms. The highest BCUT2D eigenvalue weighted by Gasteiger charge is 2.48. The van der Waals surface area contributed by atoms with Gasteiger partial charge in [0.05, 0.1) is 18.9 Å². The molecule has 9 nitrogen and oxygen atoms in total. The van der Waals surface area contributed by atoms with Crippen LogP contribution in [-0.4, -0.2) is 45.7 Å². The molecule has 1 aliphatic carbocycles. The van der Waals surface area contributed by atoms with Gasteiger partial charge in [0.15, 0.2) is 0 Å². The minimum atomic E-state index is -1.07. The molecular formula is C48H68N4O5. The summed E-state index contributed by atoms with van der Waals surface area (Å²) in [7, 11) is 1.38. The highest BCUT2D eigenvalue weighted by atomic mass is 16.5. The molecular weight excluding hydrogens is 713 g/mol. The molecule has 8 bridgehead atoms. The van der Waals surface area contributed by atoms with Crippen LogP contribution >= 0.6 is 0 Å². The van der Waals surface area contributed by atoms with Crippen LogP contribution in [0.4, 0.5) is 0 Å². The molecule has 3 aromatic heterocycles. The Kier molecular flexibility index (Phi) is 13.5. The number of aromatic nitrogens is 3. The summed E-state index contributed by atoms with van der Waals surface area (Å²) in [5, 5.41) is 15.8. The Morgan fingerprint density at radius 2 is 1.58 bits per heavy atom. The summed E-state index contributed by atoms with van der Waals surface area (Å²) in [6.07, 6.45) is 14.4. The monoisotopic (exact) mass is 781 g/mol. The van der Waals surface area contributed by atoms with E-state index in [0.717, 1.165) is 83.2 Å². The molecule has 57 heavy (non-hydrogen) atoms. The lowest BCUT2D eigenvalue weighted by atomic mass is 9.84. The molecule has 5 atom stereocenters. The van der Waals surface area contributed by atoms with Crippen molar-refractivity contribution in [3.05, 3.63) is 90.6 Å². The standard InChI is InChI=1S/C48H68N4O5/c1-11-14-16-26(4)17-15-18-27(5)21-22-57-41(53)20-19-34-30(8)37-23-35-28(6)32(12-2)39(49-35)24-36-29(7)33(13-3)40(50-36)25-38-31(9)42-46(52-38)43(45(34)51-37)44(47(42)54)48(55)56-10/h21,23,26,30,34,44,47,49-52,54H,11-20,22,24-25H2,1-10H3/b27-21+,37-23-,45-43-/t26-,30-,34-,44+,47-/m0/s1. The van der Waals surface area contributed by atoms with Crippen LogP contribution in [0.3, 0.4) is 0 Å². The highest BCUT2D eigenvalue weighted by Crippen LogP contribution is 2.52. The third kappa shape index (κ3) is 8.50. The van der Waals surface area contributed by atoms with Crippen LogP contribution in [0.25, 0.3) is 11.6 Å². The molecule has 0 aromatic carbocycles. The zero-order valence-corrected chi connectivity index (χ0v) is 36.3. The van der Waals surface area contributed by atoms with Crippen molar-refractivity contribution in [3.63, 3.8) is 0 Å². The van der Waals surface area contributed by atoms with E-state index in [4.69, 9.17) is 9.47 Å². The van der Waals surface area contributed by atoms with Crippen molar-refractivity contribution < 1.29 is 24.2 Å². The second-order valence-corrected chi connectivity index (χ2v) is 17.2. The number of ether oxygens (including phenoxy) is 2. The molecule has 1 saturated heterocycles. The summed E-state index contributed by atoms with van der Waals surface area (Å²) in [4.78, 5) is 38.3. The van der Waals surface area contributed by atoms with Gasteiger partial charge in [0.2, 0.25) is 0 Å². The molecule has 0 unspecified atom stereocenters. The van der Waals surface area contributed by atoms with Gasteiger partial charge >= 0.3 is 11.9 Å². The van der Waals surface area contributed by atoms with Crippen LogP contribution in [0.5, 0.6) is 0 Å². The maximum absolute atomic E-state index is 13.6. The van der Waals surface area contributed by atoms with Crippen molar-refractivity contribution in [2.24, 2.45) is 23.7 Å². The van der Waals surface area contributed by atoms with E-state index >= 15 is 0 Å². The maximum Gasteiger partial charge on any atom is 0.316 e. The predicted molar refractivity (Wildman–Crippen MR) is 229 cm³/mol. The summed E-state index contributed by atoms with van der Waals surface area (Å²) in [5.74, 6) is -1.03.